The van der Waals surface area contributed by atoms with Gasteiger partial charge >= 0.3 is 0 Å². The Morgan fingerprint density at radius 3 is 2.80 bits per heavy atom. The number of aliphatic hydroxyl groups is 1. The van der Waals surface area contributed by atoms with Crippen molar-refractivity contribution in [3.63, 3.8) is 0 Å². The van der Waals surface area contributed by atoms with Crippen molar-refractivity contribution < 1.29 is 9.90 Å². The van der Waals surface area contributed by atoms with Crippen LogP contribution in [0, 0.1) is 11.3 Å². The van der Waals surface area contributed by atoms with Crippen molar-refractivity contribution >= 4 is 29.7 Å². The summed E-state index contributed by atoms with van der Waals surface area (Å²) in [6.45, 7) is 0.768. The predicted molar refractivity (Wildman–Crippen MR) is 114 cm³/mol. The molecule has 10 nitrogen and oxygen atoms in total. The van der Waals surface area contributed by atoms with Crippen molar-refractivity contribution in [1.82, 2.24) is 15.0 Å². The van der Waals surface area contributed by atoms with E-state index >= 15 is 0 Å². The molecule has 1 amide bonds. The minimum absolute atomic E-state index is 0.0378. The van der Waals surface area contributed by atoms with Crippen molar-refractivity contribution in [2.24, 2.45) is 16.6 Å². The Morgan fingerprint density at radius 1 is 1.30 bits per heavy atom. The summed E-state index contributed by atoms with van der Waals surface area (Å²) >= 11 is 0. The van der Waals surface area contributed by atoms with Gasteiger partial charge in [0.05, 0.1) is 24.5 Å². The monoisotopic (exact) mass is 408 g/mol. The number of nitrogens with zero attached hydrogens (tertiary/aromatic N) is 5. The third-order valence-corrected chi connectivity index (χ3v) is 5.50. The molecule has 1 aliphatic heterocycles. The maximum Gasteiger partial charge on any atom is 0.247 e. The lowest BCUT2D eigenvalue weighted by molar-refractivity contribution is -0.117. The van der Waals surface area contributed by atoms with E-state index in [0.29, 0.717) is 35.5 Å². The number of pyridine rings is 1. The standard InChI is InChI=1S/C20H24N8O2/c21-11-26-18(22)15-6-3-13(7-23-15)16-8-24-19-20(27-16)28(17(30)9-25-19)10-12-1-4-14(29)5-2-12/h3,6-8,11-12,14,29H,1-2,4-5,9-10H2,(H,24,25)(H3,21,22,26). The molecule has 2 aliphatic rings. The maximum absolute atomic E-state index is 12.6. The number of amides is 1. The fraction of sp³-hybridized carbons (Fsp3) is 0.400. The van der Waals surface area contributed by atoms with Crippen molar-refractivity contribution in [2.75, 3.05) is 23.3 Å². The molecule has 0 bridgehead atoms. The Hall–Kier alpha value is -3.40. The molecule has 0 radical (unpaired) electrons. The number of nitrogens with one attached hydrogen (secondary N) is 2. The van der Waals surface area contributed by atoms with Gasteiger partial charge in [0.25, 0.3) is 0 Å². The smallest absolute Gasteiger partial charge is 0.247 e. The summed E-state index contributed by atoms with van der Waals surface area (Å²) in [5.41, 5.74) is 7.55. The summed E-state index contributed by atoms with van der Waals surface area (Å²) in [6, 6.07) is 3.50. The van der Waals surface area contributed by atoms with Gasteiger partial charge in [-0.05, 0) is 43.7 Å². The fourth-order valence-electron chi connectivity index (χ4n) is 3.81. The highest BCUT2D eigenvalue weighted by molar-refractivity contribution is 6.01. The van der Waals surface area contributed by atoms with Gasteiger partial charge in [-0.2, -0.15) is 0 Å². The van der Waals surface area contributed by atoms with E-state index in [1.54, 1.807) is 29.4 Å². The molecule has 0 spiro atoms. The van der Waals surface area contributed by atoms with Gasteiger partial charge in [0.1, 0.15) is 12.0 Å². The second kappa shape index (κ2) is 8.54. The minimum Gasteiger partial charge on any atom is -0.393 e. The number of aliphatic hydroxyl groups excluding tert-OH is 1. The van der Waals surface area contributed by atoms with Gasteiger partial charge in [0.15, 0.2) is 17.5 Å². The van der Waals surface area contributed by atoms with Gasteiger partial charge in [-0.15, -0.1) is 0 Å². The van der Waals surface area contributed by atoms with Crippen molar-refractivity contribution in [3.05, 3.63) is 30.2 Å². The second-order valence-electron chi connectivity index (χ2n) is 7.54. The number of amidine groups is 1. The lowest BCUT2D eigenvalue weighted by Gasteiger charge is -2.33. The van der Waals surface area contributed by atoms with E-state index in [1.807, 2.05) is 0 Å². The third kappa shape index (κ3) is 4.13. The summed E-state index contributed by atoms with van der Waals surface area (Å²) in [5, 5.41) is 19.8. The first-order valence-corrected chi connectivity index (χ1v) is 9.93. The SMILES string of the molecule is N=CN=C(N)c1ccc(-c2cnc3c(n2)N(CC2CCC(O)CC2)C(=O)CN3)cn1. The summed E-state index contributed by atoms with van der Waals surface area (Å²) in [6.07, 6.45) is 7.22. The van der Waals surface area contributed by atoms with Gasteiger partial charge in [-0.1, -0.05) is 0 Å². The van der Waals surface area contributed by atoms with E-state index in [0.717, 1.165) is 37.6 Å². The van der Waals surface area contributed by atoms with Gasteiger partial charge in [0.2, 0.25) is 5.91 Å². The highest BCUT2D eigenvalue weighted by atomic mass is 16.3. The quantitative estimate of drug-likeness (QED) is 0.427. The lowest BCUT2D eigenvalue weighted by Crippen LogP contribution is -2.44. The third-order valence-electron chi connectivity index (χ3n) is 5.50. The van der Waals surface area contributed by atoms with E-state index in [1.165, 1.54) is 0 Å². The van der Waals surface area contributed by atoms with Crippen molar-refractivity contribution in [3.8, 4) is 11.3 Å². The van der Waals surface area contributed by atoms with Crippen LogP contribution in [0.15, 0.2) is 29.5 Å². The molecule has 2 aromatic rings. The van der Waals surface area contributed by atoms with Crippen molar-refractivity contribution in [1.29, 1.82) is 5.41 Å². The fourth-order valence-corrected chi connectivity index (χ4v) is 3.81. The van der Waals surface area contributed by atoms with E-state index in [9.17, 15) is 9.90 Å². The molecule has 0 unspecified atom stereocenters. The molecule has 1 fully saturated rings. The van der Waals surface area contributed by atoms with Crippen LogP contribution in [0.25, 0.3) is 11.3 Å². The number of nitrogens with two attached hydrogens (primary N) is 1. The first kappa shape index (κ1) is 19.9. The van der Waals surface area contributed by atoms with Crippen LogP contribution in [0.1, 0.15) is 31.4 Å². The van der Waals surface area contributed by atoms with Crippen LogP contribution < -0.4 is 16.0 Å². The number of carbonyl (C=O) groups is 1. The van der Waals surface area contributed by atoms with Gasteiger partial charge < -0.3 is 16.2 Å². The molecule has 2 aromatic heterocycles. The predicted octanol–water partition coefficient (Wildman–Crippen LogP) is 1.16. The second-order valence-corrected chi connectivity index (χ2v) is 7.54. The first-order valence-electron chi connectivity index (χ1n) is 9.93. The van der Waals surface area contributed by atoms with Crippen LogP contribution >= 0.6 is 0 Å². The normalized spacial score (nSPS) is 21.7. The molecule has 4 rings (SSSR count). The average Bonchev–Trinajstić information content (AvgIpc) is 2.77. The molecular formula is C20H24N8O2. The highest BCUT2D eigenvalue weighted by Crippen LogP contribution is 2.32. The summed E-state index contributed by atoms with van der Waals surface area (Å²) in [5.74, 6) is 1.56. The maximum atomic E-state index is 12.6. The highest BCUT2D eigenvalue weighted by Gasteiger charge is 2.30. The Bertz CT molecular complexity index is 967. The van der Waals surface area contributed by atoms with Crippen LogP contribution in [0.2, 0.25) is 0 Å². The molecule has 5 N–H and O–H groups in total. The molecule has 0 atom stereocenters. The largest absolute Gasteiger partial charge is 0.393 e. The summed E-state index contributed by atoms with van der Waals surface area (Å²) in [4.78, 5) is 31.5. The van der Waals surface area contributed by atoms with Crippen LogP contribution in [0.5, 0.6) is 0 Å². The molecule has 10 heteroatoms. The zero-order valence-corrected chi connectivity index (χ0v) is 16.5. The zero-order chi connectivity index (χ0) is 21.1. The van der Waals surface area contributed by atoms with E-state index < -0.39 is 0 Å². The molecule has 1 aliphatic carbocycles. The number of hydrogen-bond donors (Lipinski definition) is 4. The Balaban J connectivity index is 1.59. The van der Waals surface area contributed by atoms with Crippen LogP contribution in [-0.4, -0.2) is 57.3 Å². The molecular weight excluding hydrogens is 384 g/mol. The Kier molecular flexibility index (Phi) is 5.66. The van der Waals surface area contributed by atoms with Gasteiger partial charge in [-0.25, -0.2) is 15.0 Å². The van der Waals surface area contributed by atoms with E-state index in [4.69, 9.17) is 16.1 Å². The first-order chi connectivity index (χ1) is 14.5. The molecule has 30 heavy (non-hydrogen) atoms. The Labute approximate surface area is 173 Å². The number of carbonyl (C=O) groups excluding carboxylic acids is 1. The number of fused-ring (bicyclic) bond motifs is 1. The van der Waals surface area contributed by atoms with Crippen LogP contribution in [0.3, 0.4) is 0 Å². The topological polar surface area (TPSA) is 153 Å². The average molecular weight is 408 g/mol. The lowest BCUT2D eigenvalue weighted by atomic mass is 9.87. The van der Waals surface area contributed by atoms with Crippen LogP contribution in [-0.2, 0) is 4.79 Å². The molecule has 0 aromatic carbocycles. The van der Waals surface area contributed by atoms with Gasteiger partial charge in [-0.3, -0.25) is 20.1 Å². The van der Waals surface area contributed by atoms with Crippen LogP contribution in [0.4, 0.5) is 11.6 Å². The number of hydrogen-bond acceptors (Lipinski definition) is 7. The zero-order valence-electron chi connectivity index (χ0n) is 16.5. The van der Waals surface area contributed by atoms with Gasteiger partial charge in [0, 0.05) is 18.3 Å². The Morgan fingerprint density at radius 2 is 2.10 bits per heavy atom. The number of anilines is 2. The molecule has 156 valence electrons. The summed E-state index contributed by atoms with van der Waals surface area (Å²) in [7, 11) is 0. The molecule has 1 saturated carbocycles. The number of aliphatic imine (C=N–C) groups is 1. The van der Waals surface area contributed by atoms with E-state index in [-0.39, 0.29) is 24.4 Å². The minimum atomic E-state index is -0.229. The summed E-state index contributed by atoms with van der Waals surface area (Å²) < 4.78 is 0. The number of rotatable bonds is 5. The van der Waals surface area contributed by atoms with Crippen molar-refractivity contribution in [2.45, 2.75) is 31.8 Å². The molecule has 0 saturated heterocycles. The number of aromatic nitrogens is 3. The van der Waals surface area contributed by atoms with E-state index in [2.05, 4.69) is 20.3 Å². The molecule has 3 heterocycles.